The summed E-state index contributed by atoms with van der Waals surface area (Å²) in [6, 6.07) is 5.90. The molecule has 6 nitrogen and oxygen atoms in total. The monoisotopic (exact) mass is 368 g/mol. The fourth-order valence-electron chi connectivity index (χ4n) is 4.01. The molecule has 0 saturated carbocycles. The summed E-state index contributed by atoms with van der Waals surface area (Å²) in [5.74, 6) is 1.04. The summed E-state index contributed by atoms with van der Waals surface area (Å²) in [6.45, 7) is 2.58. The van der Waals surface area contributed by atoms with Crippen LogP contribution >= 0.6 is 11.3 Å². The van der Waals surface area contributed by atoms with E-state index in [4.69, 9.17) is 4.74 Å². The molecule has 0 radical (unpaired) electrons. The van der Waals surface area contributed by atoms with Crippen LogP contribution < -0.4 is 0 Å². The van der Waals surface area contributed by atoms with Crippen molar-refractivity contribution in [3.63, 3.8) is 0 Å². The Morgan fingerprint density at radius 1 is 1.35 bits per heavy atom. The smallest absolute Gasteiger partial charge is 0.270 e. The van der Waals surface area contributed by atoms with Gasteiger partial charge in [-0.2, -0.15) is 11.3 Å². The number of imidazole rings is 1. The van der Waals surface area contributed by atoms with Gasteiger partial charge >= 0.3 is 0 Å². The van der Waals surface area contributed by atoms with Crippen molar-refractivity contribution in [2.75, 3.05) is 13.1 Å². The van der Waals surface area contributed by atoms with Gasteiger partial charge in [0.1, 0.15) is 23.7 Å². The van der Waals surface area contributed by atoms with Crippen molar-refractivity contribution >= 4 is 17.2 Å². The molecule has 3 aromatic heterocycles. The van der Waals surface area contributed by atoms with Crippen LogP contribution in [0.25, 0.3) is 11.3 Å². The number of nitrogens with zero attached hydrogens (tertiary/aromatic N) is 4. The van der Waals surface area contributed by atoms with Gasteiger partial charge in [-0.25, -0.2) is 4.98 Å². The zero-order valence-corrected chi connectivity index (χ0v) is 15.4. The van der Waals surface area contributed by atoms with Crippen LogP contribution in [0.5, 0.6) is 0 Å². The summed E-state index contributed by atoms with van der Waals surface area (Å²) in [6.07, 6.45) is 4.69. The van der Waals surface area contributed by atoms with Gasteiger partial charge in [0.05, 0.1) is 25.0 Å². The Morgan fingerprint density at radius 2 is 2.27 bits per heavy atom. The minimum atomic E-state index is -0.320. The van der Waals surface area contributed by atoms with Crippen molar-refractivity contribution in [1.29, 1.82) is 0 Å². The number of amides is 1. The first-order valence-corrected chi connectivity index (χ1v) is 9.71. The number of likely N-dealkylation sites (tertiary alicyclic amines) is 1. The molecule has 1 saturated heterocycles. The third kappa shape index (κ3) is 2.42. The Labute approximate surface area is 155 Å². The molecule has 5 heterocycles. The lowest BCUT2D eigenvalue weighted by atomic mass is 10.0. The molecule has 0 N–H and O–H groups in total. The van der Waals surface area contributed by atoms with Crippen LogP contribution in [-0.4, -0.2) is 43.6 Å². The van der Waals surface area contributed by atoms with Gasteiger partial charge in [0.15, 0.2) is 0 Å². The number of aromatic nitrogens is 3. The van der Waals surface area contributed by atoms with Crippen LogP contribution in [0.1, 0.15) is 22.7 Å². The predicted octanol–water partition coefficient (Wildman–Crippen LogP) is 2.77. The number of fused-ring (bicyclic) bond motifs is 1. The Kier molecular flexibility index (Phi) is 3.55. The molecule has 3 aromatic rings. The number of carbonyl (C=O) groups is 1. The summed E-state index contributed by atoms with van der Waals surface area (Å²) in [7, 11) is 1.90. The van der Waals surface area contributed by atoms with Gasteiger partial charge in [-0.15, -0.1) is 0 Å². The van der Waals surface area contributed by atoms with E-state index in [1.165, 1.54) is 5.56 Å². The first-order valence-electron chi connectivity index (χ1n) is 8.77. The zero-order valence-electron chi connectivity index (χ0n) is 14.6. The van der Waals surface area contributed by atoms with E-state index >= 15 is 0 Å². The number of hydrogen-bond acceptors (Lipinski definition) is 4. The summed E-state index contributed by atoms with van der Waals surface area (Å²) in [4.78, 5) is 19.3. The highest BCUT2D eigenvalue weighted by molar-refractivity contribution is 7.08. The van der Waals surface area contributed by atoms with Gasteiger partial charge < -0.3 is 18.8 Å². The zero-order chi connectivity index (χ0) is 17.7. The van der Waals surface area contributed by atoms with Crippen LogP contribution in [0.4, 0.5) is 0 Å². The van der Waals surface area contributed by atoms with Crippen LogP contribution in [0.3, 0.4) is 0 Å². The maximum atomic E-state index is 12.8. The second-order valence-electron chi connectivity index (χ2n) is 7.11. The topological polar surface area (TPSA) is 52.3 Å². The molecule has 1 spiro atoms. The molecule has 0 aliphatic carbocycles. The summed E-state index contributed by atoms with van der Waals surface area (Å²) in [5, 5.41) is 4.23. The summed E-state index contributed by atoms with van der Waals surface area (Å²) >= 11 is 1.69. The van der Waals surface area contributed by atoms with Gasteiger partial charge in [0.25, 0.3) is 5.91 Å². The Balaban J connectivity index is 1.40. The summed E-state index contributed by atoms with van der Waals surface area (Å²) in [5.41, 5.74) is 2.73. The Morgan fingerprint density at radius 3 is 3.04 bits per heavy atom. The second kappa shape index (κ2) is 5.82. The number of thiophene rings is 1. The lowest BCUT2D eigenvalue weighted by Crippen LogP contribution is -2.45. The van der Waals surface area contributed by atoms with Crippen LogP contribution in [0.15, 0.2) is 41.4 Å². The molecule has 1 unspecified atom stereocenters. The highest BCUT2D eigenvalue weighted by Gasteiger charge is 2.44. The lowest BCUT2D eigenvalue weighted by Gasteiger charge is -2.35. The van der Waals surface area contributed by atoms with Crippen LogP contribution in [0.2, 0.25) is 0 Å². The molecule has 0 aromatic carbocycles. The van der Waals surface area contributed by atoms with Crippen molar-refractivity contribution in [2.24, 2.45) is 7.05 Å². The molecular formula is C19H20N4O2S. The first-order chi connectivity index (χ1) is 12.7. The molecule has 7 heteroatoms. The number of hydrogen-bond donors (Lipinski definition) is 0. The first kappa shape index (κ1) is 15.8. The van der Waals surface area contributed by atoms with Gasteiger partial charge in [-0.1, -0.05) is 0 Å². The molecule has 2 aliphatic rings. The van der Waals surface area contributed by atoms with Crippen molar-refractivity contribution < 1.29 is 9.53 Å². The maximum Gasteiger partial charge on any atom is 0.270 e. The van der Waals surface area contributed by atoms with E-state index in [2.05, 4.69) is 26.4 Å². The van der Waals surface area contributed by atoms with Crippen molar-refractivity contribution in [1.82, 2.24) is 19.0 Å². The highest BCUT2D eigenvalue weighted by Crippen LogP contribution is 2.36. The van der Waals surface area contributed by atoms with Crippen LogP contribution in [0, 0.1) is 0 Å². The average Bonchev–Trinajstić information content (AvgIpc) is 3.41. The third-order valence-corrected chi connectivity index (χ3v) is 6.16. The molecule has 134 valence electrons. The van der Waals surface area contributed by atoms with Gasteiger partial charge in [0, 0.05) is 30.7 Å². The van der Waals surface area contributed by atoms with Gasteiger partial charge in [-0.05, 0) is 30.0 Å². The van der Waals surface area contributed by atoms with E-state index in [1.54, 1.807) is 11.3 Å². The highest BCUT2D eigenvalue weighted by atomic mass is 32.1. The van der Waals surface area contributed by atoms with E-state index in [0.29, 0.717) is 13.2 Å². The predicted molar refractivity (Wildman–Crippen MR) is 99.0 cm³/mol. The molecule has 2 aliphatic heterocycles. The molecule has 26 heavy (non-hydrogen) atoms. The summed E-state index contributed by atoms with van der Waals surface area (Å²) < 4.78 is 10.4. The molecule has 0 bridgehead atoms. The molecule has 1 fully saturated rings. The largest absolute Gasteiger partial charge is 0.363 e. The molecule has 1 amide bonds. The average molecular weight is 368 g/mol. The number of aryl methyl sites for hydroxylation is 1. The number of rotatable bonds is 2. The second-order valence-corrected chi connectivity index (χ2v) is 7.89. The number of ether oxygens (including phenoxy) is 1. The van der Waals surface area contributed by atoms with E-state index in [0.717, 1.165) is 36.7 Å². The minimum Gasteiger partial charge on any atom is -0.363 e. The standard InChI is InChI=1S/C19H20N4O2S/c1-21-6-2-3-15(21)18(24)22-7-5-19(12-22)13-23-16(14-4-8-26-11-14)9-20-17(23)10-25-19/h2-4,6,8-9,11H,5,7,10,12-13H2,1H3. The molecular weight excluding hydrogens is 348 g/mol. The fraction of sp³-hybridized carbons (Fsp3) is 0.368. The van der Waals surface area contributed by atoms with Crippen molar-refractivity contribution in [2.45, 2.75) is 25.2 Å². The normalized spacial score (nSPS) is 22.1. The third-order valence-electron chi connectivity index (χ3n) is 5.48. The Bertz CT molecular complexity index is 958. The number of carbonyl (C=O) groups excluding carboxylic acids is 1. The molecule has 5 rings (SSSR count). The van der Waals surface area contributed by atoms with Crippen molar-refractivity contribution in [3.8, 4) is 11.3 Å². The van der Waals surface area contributed by atoms with E-state index in [9.17, 15) is 4.79 Å². The Hall–Kier alpha value is -2.38. The van der Waals surface area contributed by atoms with Crippen LogP contribution in [-0.2, 0) is 24.9 Å². The maximum absolute atomic E-state index is 12.8. The quantitative estimate of drug-likeness (QED) is 0.699. The molecule has 1 atom stereocenters. The van der Waals surface area contributed by atoms with E-state index in [-0.39, 0.29) is 11.5 Å². The van der Waals surface area contributed by atoms with E-state index in [1.807, 2.05) is 41.0 Å². The SMILES string of the molecule is Cn1cccc1C(=O)N1CCC2(C1)Cn1c(-c3ccsc3)cnc1CO2. The van der Waals surface area contributed by atoms with E-state index < -0.39 is 0 Å². The van der Waals surface area contributed by atoms with Gasteiger partial charge in [0.2, 0.25) is 0 Å². The fourth-order valence-corrected chi connectivity index (χ4v) is 4.66. The minimum absolute atomic E-state index is 0.0764. The van der Waals surface area contributed by atoms with Crippen molar-refractivity contribution in [3.05, 3.63) is 52.9 Å². The van der Waals surface area contributed by atoms with Gasteiger partial charge in [-0.3, -0.25) is 4.79 Å². The lowest BCUT2D eigenvalue weighted by molar-refractivity contribution is -0.0805.